The summed E-state index contributed by atoms with van der Waals surface area (Å²) in [5, 5.41) is 1.98. The van der Waals surface area contributed by atoms with E-state index in [0.717, 1.165) is 10.4 Å². The average molecular weight is 299 g/mol. The van der Waals surface area contributed by atoms with E-state index in [1.165, 1.54) is 0 Å². The van der Waals surface area contributed by atoms with Gasteiger partial charge in [-0.1, -0.05) is 12.1 Å². The van der Waals surface area contributed by atoms with Crippen molar-refractivity contribution < 1.29 is 14.3 Å². The number of methoxy groups -OCH3 is 1. The highest BCUT2D eigenvalue weighted by atomic mass is 32.1. The van der Waals surface area contributed by atoms with Crippen LogP contribution >= 0.6 is 11.3 Å². The number of rotatable bonds is 3. The van der Waals surface area contributed by atoms with Crippen molar-refractivity contribution in [1.29, 1.82) is 0 Å². The van der Waals surface area contributed by atoms with Crippen molar-refractivity contribution in [3.05, 3.63) is 57.4 Å². The van der Waals surface area contributed by atoms with Crippen molar-refractivity contribution in [2.45, 2.75) is 6.92 Å². The maximum atomic E-state index is 12.0. The summed E-state index contributed by atoms with van der Waals surface area (Å²) in [6.45, 7) is 1.99. The largest absolute Gasteiger partial charge is 0.496 e. The van der Waals surface area contributed by atoms with Gasteiger partial charge in [-0.25, -0.2) is 9.79 Å². The Morgan fingerprint density at radius 2 is 2.10 bits per heavy atom. The van der Waals surface area contributed by atoms with Crippen molar-refractivity contribution in [3.8, 4) is 5.75 Å². The first kappa shape index (κ1) is 13.6. The highest BCUT2D eigenvalue weighted by Crippen LogP contribution is 2.26. The van der Waals surface area contributed by atoms with Crippen LogP contribution in [0.4, 0.5) is 0 Å². The third-order valence-electron chi connectivity index (χ3n) is 3.13. The Morgan fingerprint density at radius 1 is 1.29 bits per heavy atom. The van der Waals surface area contributed by atoms with Gasteiger partial charge in [0.05, 0.1) is 12.7 Å². The summed E-state index contributed by atoms with van der Waals surface area (Å²) in [6.07, 6.45) is 1.75. The van der Waals surface area contributed by atoms with Crippen molar-refractivity contribution in [1.82, 2.24) is 0 Å². The zero-order valence-electron chi connectivity index (χ0n) is 11.6. The molecule has 5 heteroatoms. The molecule has 0 amide bonds. The SMILES string of the molecule is COc1ccccc1C1=NC(=Cc2sccc2C)C(=O)O1. The van der Waals surface area contributed by atoms with Gasteiger partial charge in [-0.15, -0.1) is 11.3 Å². The number of aryl methyl sites for hydroxylation is 1. The molecule has 106 valence electrons. The van der Waals surface area contributed by atoms with E-state index in [-0.39, 0.29) is 5.90 Å². The van der Waals surface area contributed by atoms with Crippen molar-refractivity contribution in [2.75, 3.05) is 7.11 Å². The third-order valence-corrected chi connectivity index (χ3v) is 4.09. The van der Waals surface area contributed by atoms with Crippen LogP contribution in [0.25, 0.3) is 6.08 Å². The van der Waals surface area contributed by atoms with Crippen LogP contribution in [0.3, 0.4) is 0 Å². The minimum absolute atomic E-state index is 0.276. The lowest BCUT2D eigenvalue weighted by atomic mass is 10.2. The number of aliphatic imine (C=N–C) groups is 1. The monoisotopic (exact) mass is 299 g/mol. The van der Waals surface area contributed by atoms with E-state index in [1.807, 2.05) is 36.6 Å². The number of hydrogen-bond acceptors (Lipinski definition) is 5. The van der Waals surface area contributed by atoms with Gasteiger partial charge in [-0.2, -0.15) is 0 Å². The number of esters is 1. The normalized spacial score (nSPS) is 16.0. The summed E-state index contributed by atoms with van der Waals surface area (Å²) in [7, 11) is 1.57. The second-order valence-corrected chi connectivity index (χ2v) is 5.45. The molecule has 21 heavy (non-hydrogen) atoms. The zero-order valence-corrected chi connectivity index (χ0v) is 12.4. The molecule has 0 saturated carbocycles. The number of ether oxygens (including phenoxy) is 2. The van der Waals surface area contributed by atoms with E-state index >= 15 is 0 Å². The number of hydrogen-bond donors (Lipinski definition) is 0. The second-order valence-electron chi connectivity index (χ2n) is 4.50. The van der Waals surface area contributed by atoms with E-state index in [2.05, 4.69) is 4.99 Å². The quantitative estimate of drug-likeness (QED) is 0.644. The Bertz CT molecular complexity index is 758. The molecule has 0 radical (unpaired) electrons. The molecular weight excluding hydrogens is 286 g/mol. The second kappa shape index (κ2) is 5.54. The number of benzene rings is 1. The van der Waals surface area contributed by atoms with E-state index in [4.69, 9.17) is 9.47 Å². The van der Waals surface area contributed by atoms with Gasteiger partial charge in [-0.3, -0.25) is 0 Å². The summed E-state index contributed by atoms with van der Waals surface area (Å²) in [5.74, 6) is 0.458. The number of carbonyl (C=O) groups is 1. The summed E-state index contributed by atoms with van der Waals surface area (Å²) in [6, 6.07) is 9.31. The van der Waals surface area contributed by atoms with E-state index in [1.54, 1.807) is 30.6 Å². The van der Waals surface area contributed by atoms with Crippen LogP contribution in [0.2, 0.25) is 0 Å². The smallest absolute Gasteiger partial charge is 0.363 e. The van der Waals surface area contributed by atoms with Crippen molar-refractivity contribution in [2.24, 2.45) is 4.99 Å². The highest BCUT2D eigenvalue weighted by Gasteiger charge is 2.26. The first-order chi connectivity index (χ1) is 10.2. The van der Waals surface area contributed by atoms with E-state index in [0.29, 0.717) is 17.0 Å². The molecule has 1 aromatic heterocycles. The van der Waals surface area contributed by atoms with Gasteiger partial charge in [0.1, 0.15) is 5.75 Å². The Morgan fingerprint density at radius 3 is 2.81 bits per heavy atom. The molecule has 0 bridgehead atoms. The minimum atomic E-state index is -0.441. The average Bonchev–Trinajstić information content (AvgIpc) is 3.06. The van der Waals surface area contributed by atoms with Crippen molar-refractivity contribution >= 4 is 29.3 Å². The standard InChI is InChI=1S/C16H13NO3S/c1-10-7-8-21-14(10)9-12-16(18)20-15(17-12)11-5-3-4-6-13(11)19-2/h3-9H,1-2H3. The molecule has 1 aromatic carbocycles. The Balaban J connectivity index is 1.99. The van der Waals surface area contributed by atoms with Gasteiger partial charge in [0.2, 0.25) is 5.90 Å². The number of carbonyl (C=O) groups excluding carboxylic acids is 1. The fourth-order valence-corrected chi connectivity index (χ4v) is 2.85. The molecule has 0 fully saturated rings. The van der Waals surface area contributed by atoms with Gasteiger partial charge in [-0.05, 0) is 42.1 Å². The number of para-hydroxylation sites is 1. The van der Waals surface area contributed by atoms with E-state index < -0.39 is 5.97 Å². The molecule has 3 rings (SSSR count). The Labute approximate surface area is 126 Å². The third kappa shape index (κ3) is 2.60. The number of cyclic esters (lactones) is 1. The molecule has 0 unspecified atom stereocenters. The lowest BCUT2D eigenvalue weighted by Crippen LogP contribution is -2.06. The molecule has 0 atom stereocenters. The first-order valence-corrected chi connectivity index (χ1v) is 7.27. The van der Waals surface area contributed by atoms with Crippen LogP contribution in [0, 0.1) is 6.92 Å². The van der Waals surface area contributed by atoms with Gasteiger partial charge in [0.15, 0.2) is 5.70 Å². The summed E-state index contributed by atoms with van der Waals surface area (Å²) < 4.78 is 10.5. The van der Waals surface area contributed by atoms with Crippen LogP contribution in [0.1, 0.15) is 16.0 Å². The predicted octanol–water partition coefficient (Wildman–Crippen LogP) is 3.41. The molecule has 0 N–H and O–H groups in total. The molecule has 2 heterocycles. The van der Waals surface area contributed by atoms with Crippen LogP contribution in [-0.4, -0.2) is 19.0 Å². The zero-order chi connectivity index (χ0) is 14.8. The lowest BCUT2D eigenvalue weighted by molar-refractivity contribution is -0.129. The molecular formula is C16H13NO3S. The fraction of sp³-hybridized carbons (Fsp3) is 0.125. The predicted molar refractivity (Wildman–Crippen MR) is 82.7 cm³/mol. The molecule has 0 aliphatic carbocycles. The van der Waals surface area contributed by atoms with Crippen LogP contribution < -0.4 is 4.74 Å². The maximum absolute atomic E-state index is 12.0. The lowest BCUT2D eigenvalue weighted by Gasteiger charge is -2.05. The molecule has 4 nitrogen and oxygen atoms in total. The van der Waals surface area contributed by atoms with Gasteiger partial charge in [0.25, 0.3) is 0 Å². The molecule has 1 aliphatic heterocycles. The summed E-state index contributed by atoms with van der Waals surface area (Å²) in [4.78, 5) is 17.3. The molecule has 2 aromatic rings. The van der Waals surface area contributed by atoms with Crippen LogP contribution in [0.5, 0.6) is 5.75 Å². The molecule has 0 saturated heterocycles. The van der Waals surface area contributed by atoms with Crippen LogP contribution in [-0.2, 0) is 9.53 Å². The summed E-state index contributed by atoms with van der Waals surface area (Å²) >= 11 is 1.57. The van der Waals surface area contributed by atoms with Gasteiger partial charge >= 0.3 is 5.97 Å². The Hall–Kier alpha value is -2.40. The minimum Gasteiger partial charge on any atom is -0.496 e. The van der Waals surface area contributed by atoms with Crippen LogP contribution in [0.15, 0.2) is 46.4 Å². The van der Waals surface area contributed by atoms with E-state index in [9.17, 15) is 4.79 Å². The first-order valence-electron chi connectivity index (χ1n) is 6.39. The number of thiophene rings is 1. The topological polar surface area (TPSA) is 47.9 Å². The number of nitrogens with zero attached hydrogens (tertiary/aromatic N) is 1. The summed E-state index contributed by atoms with van der Waals surface area (Å²) in [5.41, 5.74) is 2.09. The van der Waals surface area contributed by atoms with Gasteiger partial charge < -0.3 is 9.47 Å². The highest BCUT2D eigenvalue weighted by molar-refractivity contribution is 7.11. The molecule has 0 spiro atoms. The van der Waals surface area contributed by atoms with Gasteiger partial charge in [0, 0.05) is 4.88 Å². The fourth-order valence-electron chi connectivity index (χ4n) is 2.00. The van der Waals surface area contributed by atoms with Crippen molar-refractivity contribution in [3.63, 3.8) is 0 Å². The Kier molecular flexibility index (Phi) is 3.58. The molecule has 1 aliphatic rings. The maximum Gasteiger partial charge on any atom is 0.363 e.